The molecule has 0 aromatic carbocycles. The van der Waals surface area contributed by atoms with Gasteiger partial charge in [0.15, 0.2) is 0 Å². The predicted molar refractivity (Wildman–Crippen MR) is 70.3 cm³/mol. The van der Waals surface area contributed by atoms with E-state index in [4.69, 9.17) is 0 Å². The highest BCUT2D eigenvalue weighted by atomic mass is 127. The van der Waals surface area contributed by atoms with E-state index < -0.39 is 0 Å². The second kappa shape index (κ2) is 4.59. The Kier molecular flexibility index (Phi) is 3.69. The van der Waals surface area contributed by atoms with Crippen LogP contribution in [-0.4, -0.2) is 7.76 Å². The first-order chi connectivity index (χ1) is 6.60. The van der Waals surface area contributed by atoms with Crippen LogP contribution in [0, 0.1) is 6.92 Å². The summed E-state index contributed by atoms with van der Waals surface area (Å²) in [6, 6.07) is 0. The topological polar surface area (TPSA) is 17.8 Å². The van der Waals surface area contributed by atoms with E-state index in [-0.39, 0.29) is 0 Å². The summed E-state index contributed by atoms with van der Waals surface area (Å²) in [5, 5.41) is 0. The minimum Gasteiger partial charge on any atom is -0.268 e. The van der Waals surface area contributed by atoms with Gasteiger partial charge in [0.2, 0.25) is 0 Å². The second-order valence-electron chi connectivity index (χ2n) is 3.01. The van der Waals surface area contributed by atoms with Crippen LogP contribution in [-0.2, 0) is 0 Å². The number of aromatic nitrogens is 2. The molecule has 0 atom stereocenters. The zero-order valence-electron chi connectivity index (χ0n) is 8.42. The molecule has 1 aromatic heterocycles. The number of aryl methyl sites for hydroxylation is 1. The van der Waals surface area contributed by atoms with Crippen molar-refractivity contribution in [2.24, 2.45) is 0 Å². The number of imidazole rings is 1. The van der Waals surface area contributed by atoms with E-state index in [0.717, 1.165) is 22.8 Å². The molecule has 0 unspecified atom stereocenters. The van der Waals surface area contributed by atoms with E-state index in [1.165, 1.54) is 0 Å². The van der Waals surface area contributed by atoms with Crippen molar-refractivity contribution in [3.8, 4) is 0 Å². The summed E-state index contributed by atoms with van der Waals surface area (Å²) in [6.07, 6.45) is 5.65. The van der Waals surface area contributed by atoms with Gasteiger partial charge in [0, 0.05) is 0 Å². The fourth-order valence-electron chi connectivity index (χ4n) is 1.11. The van der Waals surface area contributed by atoms with E-state index in [1.807, 2.05) is 22.7 Å². The smallest absolute Gasteiger partial charge is 0.115 e. The van der Waals surface area contributed by atoms with Gasteiger partial charge in [0.1, 0.15) is 5.82 Å². The maximum atomic E-state index is 4.37. The molecule has 0 aliphatic carbocycles. The fraction of sp³-hybridized carbons (Fsp3) is 0.182. The van der Waals surface area contributed by atoms with Crippen molar-refractivity contribution in [1.29, 1.82) is 0 Å². The van der Waals surface area contributed by atoms with Crippen molar-refractivity contribution in [2.75, 3.05) is 0 Å². The molecule has 0 aliphatic rings. The highest BCUT2D eigenvalue weighted by Crippen LogP contribution is 2.19. The molecular formula is C11H13IN2. The minimum atomic E-state index is 0.915. The van der Waals surface area contributed by atoms with Gasteiger partial charge in [-0.2, -0.15) is 0 Å². The summed E-state index contributed by atoms with van der Waals surface area (Å²) in [7, 11) is 0. The summed E-state index contributed by atoms with van der Waals surface area (Å²) in [5.74, 6) is 0.976. The molecule has 0 spiro atoms. The van der Waals surface area contributed by atoms with Gasteiger partial charge in [-0.15, -0.1) is 0 Å². The summed E-state index contributed by atoms with van der Waals surface area (Å²) in [4.78, 5) is 4.37. The maximum Gasteiger partial charge on any atom is 0.115 e. The molecule has 0 radical (unpaired) electrons. The van der Waals surface area contributed by atoms with Gasteiger partial charge in [-0.1, -0.05) is 19.2 Å². The van der Waals surface area contributed by atoms with Crippen molar-refractivity contribution < 1.29 is 0 Å². The second-order valence-corrected chi connectivity index (χ2v) is 3.97. The number of halogens is 1. The molecule has 3 heteroatoms. The molecule has 14 heavy (non-hydrogen) atoms. The lowest BCUT2D eigenvalue weighted by molar-refractivity contribution is 1.12. The average Bonchev–Trinajstić information content (AvgIpc) is 2.45. The van der Waals surface area contributed by atoms with Crippen LogP contribution >= 0.6 is 22.9 Å². The minimum absolute atomic E-state index is 0.915. The largest absolute Gasteiger partial charge is 0.268 e. The Morgan fingerprint density at radius 1 is 1.50 bits per heavy atom. The van der Waals surface area contributed by atoms with Gasteiger partial charge in [0.05, 0.1) is 34.3 Å². The normalized spacial score (nSPS) is 11.5. The number of nitrogens with zero attached hydrogens (tertiary/aromatic N) is 2. The van der Waals surface area contributed by atoms with Gasteiger partial charge >= 0.3 is 0 Å². The van der Waals surface area contributed by atoms with Crippen LogP contribution in [0.15, 0.2) is 24.8 Å². The fourth-order valence-corrected chi connectivity index (χ4v) is 1.60. The van der Waals surface area contributed by atoms with E-state index >= 15 is 0 Å². The summed E-state index contributed by atoms with van der Waals surface area (Å²) < 4.78 is 2.02. The van der Waals surface area contributed by atoms with Crippen LogP contribution in [0.4, 0.5) is 0 Å². The van der Waals surface area contributed by atoms with Crippen molar-refractivity contribution in [1.82, 2.24) is 7.76 Å². The van der Waals surface area contributed by atoms with Gasteiger partial charge < -0.3 is 0 Å². The molecule has 0 bridgehead atoms. The summed E-state index contributed by atoms with van der Waals surface area (Å²) in [5.41, 5.74) is 3.10. The van der Waals surface area contributed by atoms with E-state index in [0.29, 0.717) is 0 Å². The van der Waals surface area contributed by atoms with E-state index in [9.17, 15) is 0 Å². The Morgan fingerprint density at radius 2 is 2.14 bits per heavy atom. The van der Waals surface area contributed by atoms with E-state index in [2.05, 4.69) is 47.1 Å². The van der Waals surface area contributed by atoms with Crippen molar-refractivity contribution in [3.05, 3.63) is 42.0 Å². The van der Waals surface area contributed by atoms with Crippen LogP contribution in [0.5, 0.6) is 0 Å². The van der Waals surface area contributed by atoms with Gasteiger partial charge in [-0.3, -0.25) is 2.78 Å². The van der Waals surface area contributed by atoms with Gasteiger partial charge in [0.25, 0.3) is 0 Å². The lowest BCUT2D eigenvalue weighted by Crippen LogP contribution is -1.86. The third-order valence-corrected chi connectivity index (χ3v) is 3.14. The number of hydrogen-bond donors (Lipinski definition) is 0. The monoisotopic (exact) mass is 300 g/mol. The van der Waals surface area contributed by atoms with Crippen LogP contribution in [0.2, 0.25) is 0 Å². The lowest BCUT2D eigenvalue weighted by Gasteiger charge is -1.97. The molecule has 2 nitrogen and oxygen atoms in total. The summed E-state index contributed by atoms with van der Waals surface area (Å²) in [6.45, 7) is 11.5. The maximum absolute atomic E-state index is 4.37. The van der Waals surface area contributed by atoms with Crippen molar-refractivity contribution >= 4 is 35.0 Å². The quantitative estimate of drug-likeness (QED) is 0.616. The lowest BCUT2D eigenvalue weighted by atomic mass is 10.2. The van der Waals surface area contributed by atoms with Crippen molar-refractivity contribution in [2.45, 2.75) is 13.8 Å². The molecule has 0 aliphatic heterocycles. The molecule has 1 heterocycles. The molecule has 0 N–H and O–H groups in total. The molecule has 0 amide bonds. The first-order valence-electron chi connectivity index (χ1n) is 4.28. The zero-order chi connectivity index (χ0) is 10.7. The molecule has 0 saturated carbocycles. The SMILES string of the molecule is C=C/C(C)=C\c1c(C=C)nc(C)n1I. The molecule has 1 rings (SSSR count). The third kappa shape index (κ3) is 2.15. The van der Waals surface area contributed by atoms with Crippen LogP contribution in [0.25, 0.3) is 12.2 Å². The Labute approximate surface area is 98.5 Å². The Morgan fingerprint density at radius 3 is 2.64 bits per heavy atom. The first kappa shape index (κ1) is 11.2. The Bertz CT molecular complexity index is 400. The standard InChI is InChI=1S/C11H13IN2/c1-5-8(3)7-11-10(6-2)13-9(4)14(11)12/h5-7H,1-2H2,3-4H3/b8-7-. The predicted octanol–water partition coefficient (Wildman–Crippen LogP) is 3.62. The van der Waals surface area contributed by atoms with Crippen LogP contribution in [0.3, 0.4) is 0 Å². The highest BCUT2D eigenvalue weighted by Gasteiger charge is 2.07. The number of allylic oxidation sites excluding steroid dienone is 2. The molecule has 0 saturated heterocycles. The summed E-state index contributed by atoms with van der Waals surface area (Å²) >= 11 is 2.23. The molecule has 74 valence electrons. The molecular weight excluding hydrogens is 287 g/mol. The van der Waals surface area contributed by atoms with Gasteiger partial charge in [-0.25, -0.2) is 4.98 Å². The van der Waals surface area contributed by atoms with Crippen LogP contribution < -0.4 is 0 Å². The van der Waals surface area contributed by atoms with Gasteiger partial charge in [-0.05, 0) is 31.6 Å². The molecule has 1 aromatic rings. The highest BCUT2D eigenvalue weighted by molar-refractivity contribution is 14.1. The van der Waals surface area contributed by atoms with Crippen LogP contribution in [0.1, 0.15) is 24.1 Å². The number of rotatable bonds is 3. The Balaban J connectivity index is 3.31. The van der Waals surface area contributed by atoms with E-state index in [1.54, 1.807) is 6.08 Å². The number of hydrogen-bond acceptors (Lipinski definition) is 1. The molecule has 0 fully saturated rings. The third-order valence-electron chi connectivity index (χ3n) is 1.92. The Hall–Kier alpha value is -0.840. The van der Waals surface area contributed by atoms with Crippen molar-refractivity contribution in [3.63, 3.8) is 0 Å². The average molecular weight is 300 g/mol. The first-order valence-corrected chi connectivity index (χ1v) is 5.25. The zero-order valence-corrected chi connectivity index (χ0v) is 10.6.